The number of hydrogen-bond acceptors (Lipinski definition) is 6. The molecular formula is C12H12ClN3O2S. The van der Waals surface area contributed by atoms with Crippen molar-refractivity contribution < 1.29 is 9.15 Å². The Morgan fingerprint density at radius 1 is 1.37 bits per heavy atom. The Hall–Kier alpha value is -1.24. The average molecular weight is 298 g/mol. The van der Waals surface area contributed by atoms with Crippen molar-refractivity contribution in [3.63, 3.8) is 0 Å². The Labute approximate surface area is 119 Å². The Morgan fingerprint density at radius 2 is 2.26 bits per heavy atom. The lowest BCUT2D eigenvalue weighted by Gasteiger charge is -2.07. The third-order valence-corrected chi connectivity index (χ3v) is 3.88. The molecule has 0 fully saturated rings. The number of nitrogens with zero attached hydrogens (tertiary/aromatic N) is 2. The van der Waals surface area contributed by atoms with E-state index in [2.05, 4.69) is 10.2 Å². The van der Waals surface area contributed by atoms with Gasteiger partial charge in [0, 0.05) is 22.8 Å². The van der Waals surface area contributed by atoms with Gasteiger partial charge in [-0.1, -0.05) is 23.4 Å². The number of nitrogens with two attached hydrogens (primary N) is 1. The maximum atomic E-state index is 6.10. The van der Waals surface area contributed by atoms with E-state index in [4.69, 9.17) is 26.5 Å². The van der Waals surface area contributed by atoms with Crippen LogP contribution in [-0.2, 0) is 18.7 Å². The van der Waals surface area contributed by atoms with E-state index in [1.165, 1.54) is 11.8 Å². The molecule has 0 saturated heterocycles. The van der Waals surface area contributed by atoms with Gasteiger partial charge in [-0.05, 0) is 17.7 Å². The fourth-order valence-electron chi connectivity index (χ4n) is 1.97. The van der Waals surface area contributed by atoms with E-state index in [0.717, 1.165) is 28.3 Å². The van der Waals surface area contributed by atoms with Crippen LogP contribution in [0.1, 0.15) is 17.0 Å². The third kappa shape index (κ3) is 2.70. The first-order chi connectivity index (χ1) is 9.26. The van der Waals surface area contributed by atoms with E-state index in [1.54, 1.807) is 0 Å². The van der Waals surface area contributed by atoms with E-state index in [1.807, 2.05) is 12.1 Å². The van der Waals surface area contributed by atoms with Crippen LogP contribution >= 0.6 is 23.4 Å². The van der Waals surface area contributed by atoms with Crippen LogP contribution < -0.4 is 10.5 Å². The van der Waals surface area contributed by atoms with Gasteiger partial charge in [-0.3, -0.25) is 0 Å². The van der Waals surface area contributed by atoms with Crippen LogP contribution in [0.25, 0.3) is 0 Å². The quantitative estimate of drug-likeness (QED) is 0.874. The highest BCUT2D eigenvalue weighted by molar-refractivity contribution is 7.98. The zero-order valence-corrected chi connectivity index (χ0v) is 11.6. The highest BCUT2D eigenvalue weighted by Gasteiger charge is 2.18. The summed E-state index contributed by atoms with van der Waals surface area (Å²) in [5.41, 5.74) is 7.64. The Kier molecular flexibility index (Phi) is 3.63. The molecule has 0 bridgehead atoms. The van der Waals surface area contributed by atoms with Gasteiger partial charge in [0.1, 0.15) is 5.75 Å². The van der Waals surface area contributed by atoms with Gasteiger partial charge in [-0.2, -0.15) is 0 Å². The number of hydrogen-bond donors (Lipinski definition) is 1. The highest BCUT2D eigenvalue weighted by atomic mass is 35.5. The molecule has 3 rings (SSSR count). The van der Waals surface area contributed by atoms with Crippen LogP contribution in [0.3, 0.4) is 0 Å². The molecule has 0 unspecified atom stereocenters. The first-order valence-electron chi connectivity index (χ1n) is 5.85. The summed E-state index contributed by atoms with van der Waals surface area (Å²) >= 11 is 7.55. The van der Waals surface area contributed by atoms with Gasteiger partial charge in [-0.15, -0.1) is 10.2 Å². The summed E-state index contributed by atoms with van der Waals surface area (Å²) in [6, 6.07) is 3.87. The number of fused-ring (bicyclic) bond motifs is 1. The molecule has 1 aromatic heterocycles. The molecule has 0 amide bonds. The molecular weight excluding hydrogens is 286 g/mol. The summed E-state index contributed by atoms with van der Waals surface area (Å²) in [5, 5.41) is 8.96. The Bertz CT molecular complexity index is 603. The van der Waals surface area contributed by atoms with E-state index >= 15 is 0 Å². The maximum Gasteiger partial charge on any atom is 0.276 e. The lowest BCUT2D eigenvalue weighted by atomic mass is 10.1. The summed E-state index contributed by atoms with van der Waals surface area (Å²) in [6.07, 6.45) is 0.908. The summed E-state index contributed by atoms with van der Waals surface area (Å²) in [7, 11) is 0. The number of thioether (sulfide) groups is 1. The van der Waals surface area contributed by atoms with Gasteiger partial charge in [0.25, 0.3) is 5.22 Å². The average Bonchev–Trinajstić information content (AvgIpc) is 3.03. The smallest absolute Gasteiger partial charge is 0.276 e. The molecule has 0 atom stereocenters. The predicted octanol–water partition coefficient (Wildman–Crippen LogP) is 2.41. The van der Waals surface area contributed by atoms with Crippen LogP contribution in [0.4, 0.5) is 0 Å². The first kappa shape index (κ1) is 12.8. The minimum absolute atomic E-state index is 0.253. The SMILES string of the molecule is NCc1nnc(SCc2cc(Cl)cc3c2OCC3)o1. The van der Waals surface area contributed by atoms with Crippen molar-refractivity contribution in [1.29, 1.82) is 0 Å². The molecule has 0 aliphatic carbocycles. The zero-order chi connectivity index (χ0) is 13.2. The number of halogens is 1. The van der Waals surface area contributed by atoms with Gasteiger partial charge in [-0.25, -0.2) is 0 Å². The second kappa shape index (κ2) is 5.40. The largest absolute Gasteiger partial charge is 0.493 e. The van der Waals surface area contributed by atoms with Crippen molar-refractivity contribution in [3.05, 3.63) is 34.2 Å². The summed E-state index contributed by atoms with van der Waals surface area (Å²) < 4.78 is 11.0. The van der Waals surface area contributed by atoms with E-state index in [0.29, 0.717) is 23.5 Å². The molecule has 7 heteroatoms. The molecule has 1 aliphatic heterocycles. The third-order valence-electron chi connectivity index (χ3n) is 2.80. The van der Waals surface area contributed by atoms with Crippen molar-refractivity contribution >= 4 is 23.4 Å². The molecule has 19 heavy (non-hydrogen) atoms. The molecule has 5 nitrogen and oxygen atoms in total. The van der Waals surface area contributed by atoms with Crippen LogP contribution in [0.15, 0.2) is 21.8 Å². The van der Waals surface area contributed by atoms with Crippen molar-refractivity contribution in [2.24, 2.45) is 5.73 Å². The summed E-state index contributed by atoms with van der Waals surface area (Å²) in [6.45, 7) is 0.967. The van der Waals surface area contributed by atoms with Gasteiger partial charge in [0.15, 0.2) is 0 Å². The van der Waals surface area contributed by atoms with Crippen molar-refractivity contribution in [3.8, 4) is 5.75 Å². The molecule has 2 N–H and O–H groups in total. The fourth-order valence-corrected chi connectivity index (χ4v) is 2.98. The number of benzene rings is 1. The molecule has 1 aromatic carbocycles. The van der Waals surface area contributed by atoms with Crippen LogP contribution in [0, 0.1) is 0 Å². The maximum absolute atomic E-state index is 6.10. The minimum atomic E-state index is 0.253. The number of rotatable bonds is 4. The van der Waals surface area contributed by atoms with Gasteiger partial charge < -0.3 is 14.9 Å². The van der Waals surface area contributed by atoms with E-state index < -0.39 is 0 Å². The summed E-state index contributed by atoms with van der Waals surface area (Å²) in [5.74, 6) is 2.06. The second-order valence-corrected chi connectivity index (χ2v) is 5.47. The normalized spacial score (nSPS) is 13.4. The van der Waals surface area contributed by atoms with Crippen molar-refractivity contribution in [2.75, 3.05) is 6.61 Å². The predicted molar refractivity (Wildman–Crippen MR) is 72.4 cm³/mol. The molecule has 100 valence electrons. The molecule has 2 aromatic rings. The topological polar surface area (TPSA) is 74.2 Å². The van der Waals surface area contributed by atoms with E-state index in [9.17, 15) is 0 Å². The van der Waals surface area contributed by atoms with Crippen molar-refractivity contribution in [2.45, 2.75) is 23.9 Å². The lowest BCUT2D eigenvalue weighted by Crippen LogP contribution is -1.95. The van der Waals surface area contributed by atoms with E-state index in [-0.39, 0.29) is 6.54 Å². The number of aromatic nitrogens is 2. The van der Waals surface area contributed by atoms with Crippen LogP contribution in [0.2, 0.25) is 5.02 Å². The lowest BCUT2D eigenvalue weighted by molar-refractivity contribution is 0.354. The summed E-state index contributed by atoms with van der Waals surface area (Å²) in [4.78, 5) is 0. The van der Waals surface area contributed by atoms with Gasteiger partial charge in [0.2, 0.25) is 5.89 Å². The fraction of sp³-hybridized carbons (Fsp3) is 0.333. The Balaban J connectivity index is 1.76. The second-order valence-electron chi connectivity index (χ2n) is 4.11. The molecule has 0 saturated carbocycles. The van der Waals surface area contributed by atoms with Gasteiger partial charge >= 0.3 is 0 Å². The number of ether oxygens (including phenoxy) is 1. The molecule has 1 aliphatic rings. The van der Waals surface area contributed by atoms with Crippen LogP contribution in [-0.4, -0.2) is 16.8 Å². The molecule has 2 heterocycles. The molecule has 0 spiro atoms. The minimum Gasteiger partial charge on any atom is -0.493 e. The highest BCUT2D eigenvalue weighted by Crippen LogP contribution is 2.36. The zero-order valence-electron chi connectivity index (χ0n) is 10.1. The van der Waals surface area contributed by atoms with Crippen LogP contribution in [0.5, 0.6) is 5.75 Å². The molecule has 0 radical (unpaired) electrons. The van der Waals surface area contributed by atoms with Crippen molar-refractivity contribution in [1.82, 2.24) is 10.2 Å². The standard InChI is InChI=1S/C12H12ClN3O2S/c13-9-3-7-1-2-17-11(7)8(4-9)6-19-12-16-15-10(5-14)18-12/h3-4H,1-2,5-6,14H2. The first-order valence-corrected chi connectivity index (χ1v) is 7.22. The monoisotopic (exact) mass is 297 g/mol. The Morgan fingerprint density at radius 3 is 3.05 bits per heavy atom. The van der Waals surface area contributed by atoms with Gasteiger partial charge in [0.05, 0.1) is 13.2 Å².